The summed E-state index contributed by atoms with van der Waals surface area (Å²) in [7, 11) is 0. The number of anilines is 2. The maximum absolute atomic E-state index is 13.9. The Bertz CT molecular complexity index is 2290. The van der Waals surface area contributed by atoms with Crippen molar-refractivity contribution in [2.45, 2.75) is 84.3 Å². The van der Waals surface area contributed by atoms with Gasteiger partial charge < -0.3 is 24.5 Å². The number of hydrogen-bond acceptors (Lipinski definition) is 10. The van der Waals surface area contributed by atoms with Crippen LogP contribution in [0.1, 0.15) is 97.0 Å². The highest BCUT2D eigenvalue weighted by atomic mass is 35.5. The largest absolute Gasteiger partial charge is 0.489 e. The fourth-order valence-electron chi connectivity index (χ4n) is 11.5. The van der Waals surface area contributed by atoms with Gasteiger partial charge in [0, 0.05) is 110 Å². The van der Waals surface area contributed by atoms with E-state index in [1.54, 1.807) is 24.3 Å². The maximum Gasteiger partial charge on any atom is 0.257 e. The highest BCUT2D eigenvalue weighted by molar-refractivity contribution is 6.31. The number of fused-ring (bicyclic) bond motifs is 2. The monoisotopic (exact) mass is 833 g/mol. The molecule has 3 aromatic carbocycles. The topological polar surface area (TPSA) is 150 Å². The van der Waals surface area contributed by atoms with Crippen molar-refractivity contribution in [1.29, 1.82) is 5.26 Å². The van der Waals surface area contributed by atoms with Crippen molar-refractivity contribution < 1.29 is 29.0 Å². The molecule has 9 rings (SSSR count). The molecule has 0 aromatic heterocycles. The van der Waals surface area contributed by atoms with Crippen LogP contribution in [-0.2, 0) is 16.1 Å². The third-order valence-electron chi connectivity index (χ3n) is 14.1. The molecule has 3 aromatic rings. The molecule has 5 aliphatic heterocycles. The number of carbonyl (C=O) groups is 4. The van der Waals surface area contributed by atoms with Gasteiger partial charge in [-0.05, 0) is 79.3 Å². The van der Waals surface area contributed by atoms with Crippen molar-refractivity contribution in [3.63, 3.8) is 0 Å². The molecule has 0 bridgehead atoms. The molecule has 3 saturated heterocycles. The van der Waals surface area contributed by atoms with Crippen LogP contribution in [-0.4, -0.2) is 107 Å². The Kier molecular flexibility index (Phi) is 10.1. The van der Waals surface area contributed by atoms with Crippen LogP contribution in [0.3, 0.4) is 0 Å². The lowest BCUT2D eigenvalue weighted by atomic mass is 9.49. The molecule has 2 atom stereocenters. The van der Waals surface area contributed by atoms with E-state index in [1.165, 1.54) is 4.90 Å². The van der Waals surface area contributed by atoms with Crippen molar-refractivity contribution in [2.24, 2.45) is 16.7 Å². The quantitative estimate of drug-likeness (QED) is 0.285. The Labute approximate surface area is 355 Å². The van der Waals surface area contributed by atoms with E-state index in [0.29, 0.717) is 39.9 Å². The highest BCUT2D eigenvalue weighted by Crippen LogP contribution is 2.59. The van der Waals surface area contributed by atoms with Crippen LogP contribution < -0.4 is 19.9 Å². The zero-order valence-corrected chi connectivity index (χ0v) is 35.4. The number of amides is 4. The van der Waals surface area contributed by atoms with Gasteiger partial charge >= 0.3 is 0 Å². The van der Waals surface area contributed by atoms with E-state index in [2.05, 4.69) is 65.9 Å². The molecule has 2 N–H and O–H groups in total. The van der Waals surface area contributed by atoms with Gasteiger partial charge in [-0.1, -0.05) is 39.3 Å². The van der Waals surface area contributed by atoms with E-state index in [4.69, 9.17) is 16.3 Å². The summed E-state index contributed by atoms with van der Waals surface area (Å²) in [5.41, 5.74) is 4.62. The molecule has 1 aliphatic carbocycles. The van der Waals surface area contributed by atoms with Gasteiger partial charge in [-0.2, -0.15) is 5.26 Å². The fourth-order valence-corrected chi connectivity index (χ4v) is 11.7. The summed E-state index contributed by atoms with van der Waals surface area (Å²) in [6.07, 6.45) is 1.02. The standard InChI is InChI=1S/C46H52ClN7O6/c1-45(2)43(46(3,4)44(45)60-32-8-5-28(24-48)36(47)23-32)53-26-29-21-30(6-9-33(29)40(53)57)52-19-17-50(18-20-52)25-27-13-15-51(16-14-27)31-7-10-34-35(22-31)42(59)54(41(34)58)37-11-12-38(55)49-39(37)56/h5-10,21-23,27,37,42-44,59H,11-20,25-26H2,1-4H3,(H,49,55,56)/t37?,42?,43-,44-. The lowest BCUT2D eigenvalue weighted by Gasteiger charge is -2.65. The van der Waals surface area contributed by atoms with E-state index < -0.39 is 18.2 Å². The third kappa shape index (κ3) is 6.77. The molecule has 0 spiro atoms. The van der Waals surface area contributed by atoms with Gasteiger partial charge in [0.2, 0.25) is 11.8 Å². The minimum absolute atomic E-state index is 0.0348. The van der Waals surface area contributed by atoms with Crippen molar-refractivity contribution in [2.75, 3.05) is 55.6 Å². The predicted molar refractivity (Wildman–Crippen MR) is 226 cm³/mol. The number of imide groups is 1. The SMILES string of the molecule is CC1(C)[C@H](Oc2ccc(C#N)c(Cl)c2)C(C)(C)[C@H]1N1Cc2cc(N3CCN(CC4CCN(c5ccc6c(c5)C(O)N(C5CCC(=O)NC5=O)C6=O)CC4)CC3)ccc2C1=O. The van der Waals surface area contributed by atoms with E-state index in [0.717, 1.165) is 81.2 Å². The number of carbonyl (C=O) groups excluding carboxylic acids is 4. The molecule has 5 heterocycles. The average Bonchev–Trinajstić information content (AvgIpc) is 3.67. The first-order chi connectivity index (χ1) is 28.6. The Hall–Kier alpha value is -5.16. The van der Waals surface area contributed by atoms with Crippen LogP contribution in [0.4, 0.5) is 11.4 Å². The normalized spacial score (nSPS) is 26.4. The van der Waals surface area contributed by atoms with Gasteiger partial charge in [0.1, 0.15) is 24.0 Å². The summed E-state index contributed by atoms with van der Waals surface area (Å²) >= 11 is 6.31. The third-order valence-corrected chi connectivity index (χ3v) is 14.4. The molecule has 1 saturated carbocycles. The molecular formula is C46H52ClN7O6. The molecule has 14 heteroatoms. The lowest BCUT2D eigenvalue weighted by molar-refractivity contribution is -0.199. The minimum Gasteiger partial charge on any atom is -0.489 e. The summed E-state index contributed by atoms with van der Waals surface area (Å²) in [4.78, 5) is 61.9. The molecule has 4 amide bonds. The molecule has 2 unspecified atom stereocenters. The molecular weight excluding hydrogens is 782 g/mol. The van der Waals surface area contributed by atoms with Crippen molar-refractivity contribution in [1.82, 2.24) is 20.0 Å². The number of hydrogen-bond donors (Lipinski definition) is 2. The van der Waals surface area contributed by atoms with E-state index in [9.17, 15) is 29.5 Å². The number of aliphatic hydroxyl groups excluding tert-OH is 1. The number of benzene rings is 3. The van der Waals surface area contributed by atoms with Crippen molar-refractivity contribution in [3.8, 4) is 11.8 Å². The number of piperidine rings is 2. The van der Waals surface area contributed by atoms with Crippen LogP contribution in [0, 0.1) is 28.1 Å². The fraction of sp³-hybridized carbons (Fsp3) is 0.500. The lowest BCUT2D eigenvalue weighted by Crippen LogP contribution is -2.74. The Morgan fingerprint density at radius 2 is 1.50 bits per heavy atom. The van der Waals surface area contributed by atoms with E-state index >= 15 is 0 Å². The van der Waals surface area contributed by atoms with Gasteiger partial charge in [-0.3, -0.25) is 34.3 Å². The number of nitriles is 1. The van der Waals surface area contributed by atoms with Gasteiger partial charge in [0.05, 0.1) is 10.6 Å². The summed E-state index contributed by atoms with van der Waals surface area (Å²) in [6, 6.07) is 18.2. The second-order valence-corrected chi connectivity index (χ2v) is 19.0. The summed E-state index contributed by atoms with van der Waals surface area (Å²) in [5, 5.41) is 23.1. The van der Waals surface area contributed by atoms with Gasteiger partial charge in [0.25, 0.3) is 11.8 Å². The van der Waals surface area contributed by atoms with Crippen LogP contribution in [0.25, 0.3) is 0 Å². The van der Waals surface area contributed by atoms with E-state index in [1.807, 2.05) is 23.1 Å². The second kappa shape index (κ2) is 15.1. The molecule has 60 heavy (non-hydrogen) atoms. The zero-order chi connectivity index (χ0) is 42.2. The number of aliphatic hydroxyl groups is 1. The average molecular weight is 834 g/mol. The first-order valence-electron chi connectivity index (χ1n) is 21.2. The van der Waals surface area contributed by atoms with Crippen LogP contribution in [0.15, 0.2) is 54.6 Å². The second-order valence-electron chi connectivity index (χ2n) is 18.6. The van der Waals surface area contributed by atoms with E-state index in [-0.39, 0.29) is 53.5 Å². The molecule has 4 fully saturated rings. The minimum atomic E-state index is -1.23. The van der Waals surface area contributed by atoms with Crippen LogP contribution in [0.5, 0.6) is 5.75 Å². The molecule has 13 nitrogen and oxygen atoms in total. The van der Waals surface area contributed by atoms with Gasteiger partial charge in [-0.15, -0.1) is 0 Å². The predicted octanol–water partition coefficient (Wildman–Crippen LogP) is 5.34. The highest BCUT2D eigenvalue weighted by Gasteiger charge is 2.67. The number of nitrogens with zero attached hydrogens (tertiary/aromatic N) is 6. The smallest absolute Gasteiger partial charge is 0.257 e. The Morgan fingerprint density at radius 1 is 0.833 bits per heavy atom. The number of ether oxygens (including phenoxy) is 1. The number of nitrogens with one attached hydrogen (secondary N) is 1. The number of piperazine rings is 1. The van der Waals surface area contributed by atoms with Gasteiger partial charge in [0.15, 0.2) is 6.23 Å². The Morgan fingerprint density at radius 3 is 2.17 bits per heavy atom. The summed E-state index contributed by atoms with van der Waals surface area (Å²) in [6.45, 7) is 15.8. The first-order valence-corrected chi connectivity index (χ1v) is 21.5. The zero-order valence-electron chi connectivity index (χ0n) is 34.6. The number of rotatable bonds is 8. The summed E-state index contributed by atoms with van der Waals surface area (Å²) in [5.74, 6) is -0.0363. The van der Waals surface area contributed by atoms with Crippen LogP contribution in [0.2, 0.25) is 5.02 Å². The van der Waals surface area contributed by atoms with Crippen molar-refractivity contribution >= 4 is 46.6 Å². The maximum atomic E-state index is 13.9. The number of halogens is 1. The van der Waals surface area contributed by atoms with Gasteiger partial charge in [-0.25, -0.2) is 0 Å². The molecule has 314 valence electrons. The Balaban J connectivity index is 0.765. The first kappa shape index (κ1) is 40.3. The van der Waals surface area contributed by atoms with Crippen molar-refractivity contribution in [3.05, 3.63) is 87.4 Å². The summed E-state index contributed by atoms with van der Waals surface area (Å²) < 4.78 is 6.51. The van der Waals surface area contributed by atoms with Crippen LogP contribution >= 0.6 is 11.6 Å². The molecule has 6 aliphatic rings. The molecule has 0 radical (unpaired) electrons.